The van der Waals surface area contributed by atoms with Crippen molar-refractivity contribution in [2.75, 3.05) is 66.1 Å². The summed E-state index contributed by atoms with van der Waals surface area (Å²) in [6, 6.07) is -5.60. The van der Waals surface area contributed by atoms with Crippen molar-refractivity contribution in [1.29, 1.82) is 0 Å². The lowest BCUT2D eigenvalue weighted by atomic mass is 9.94. The molecule has 3 fully saturated rings. The number of amides is 3. The molecule has 20 N–H and O–H groups in total. The molecule has 137 heavy (non-hydrogen) atoms. The molecule has 0 bridgehead atoms. The van der Waals surface area contributed by atoms with Crippen LogP contribution in [0.4, 0.5) is 0 Å². The molecule has 0 spiro atoms. The van der Waals surface area contributed by atoms with Gasteiger partial charge in [-0.3, -0.25) is 50.6 Å². The molecule has 42 nitrogen and oxygen atoms in total. The number of carbonyl (C=O) groups excluding carboxylic acids is 3. The third kappa shape index (κ3) is 52.7. The molecule has 0 aromatic heterocycles. The summed E-state index contributed by atoms with van der Waals surface area (Å²) >= 11 is 0. The summed E-state index contributed by atoms with van der Waals surface area (Å²) in [5.74, 6) is -2.73. The Morgan fingerprint density at radius 2 is 0.635 bits per heavy atom. The molecular formula is C90H156N3O39P5. The van der Waals surface area contributed by atoms with Crippen LogP contribution in [0.25, 0.3) is 0 Å². The number of aliphatic hydroxyl groups excluding tert-OH is 12. The van der Waals surface area contributed by atoms with E-state index in [-0.39, 0.29) is 0 Å². The molecule has 25 atom stereocenters. The number of hydrogen-bond donors (Lipinski definition) is 20. The van der Waals surface area contributed by atoms with E-state index in [4.69, 9.17) is 46.3 Å². The third-order valence-corrected chi connectivity index (χ3v) is 27.6. The van der Waals surface area contributed by atoms with Crippen LogP contribution >= 0.6 is 39.1 Å². The van der Waals surface area contributed by atoms with Gasteiger partial charge < -0.3 is 125 Å². The summed E-state index contributed by atoms with van der Waals surface area (Å²) in [5.41, 5.74) is 14.7. The maximum atomic E-state index is 13.4. The Bertz CT molecular complexity index is 4280. The summed E-state index contributed by atoms with van der Waals surface area (Å²) in [4.78, 5) is 89.8. The van der Waals surface area contributed by atoms with Crippen molar-refractivity contribution in [3.63, 3.8) is 0 Å². The van der Waals surface area contributed by atoms with E-state index in [0.717, 1.165) is 142 Å². The normalized spacial score (nSPS) is 26.8. The largest absolute Gasteiger partial charge is 0.483 e. The standard InChI is InChI=1S/C90H156N3O39P5/c1-57(2)26-16-27-58(3)28-17-29-59(4)30-18-31-60(5)32-19-33-61(6)34-20-35-62(7)36-21-37-63(8)38-22-39-64(9)40-23-41-65(10)42-24-43-66(11)44-25-45-67(12)46-47-119-136(115,116)132-137(117,118)131-90-80(93-70(15)100)84(107)86(75(50-96)127-90)129-89-79(92-69(14)99)85(108)87(76(51-97)126-89)130-135(113,114)123-55-72(102)54-121-133(109,110)120-52-71(101)53-122-134(111,112)124-56-77(81(104)73(103)48-94)128-88-78(91-68(13)98)83(106)82(105)74(49-95)125-88/h26,28,30,32,34,36,38,40,42,44,46,71-90,94-97,101-108H,16-25,27,29,31,33,35,37,39,41,43,45,47-56H2,1-15H3,(H,91,98)(H,92,99)(H,93,100)(H,109,110)(H,111,112)(H,113,114)(H,115,116)(H,117,118)/b58-28+,59-30+,60-32-,61-34-,62-36-,63-38-,64-40-,65-42-,66-44-,67-46-/t71-,72+,73-,74+,75+,76+,77+,78+,79-,80+,81-,82+,83+,84+,85+,86+,87+,88+,89-,90+/m0/s1. The molecule has 3 aliphatic heterocycles. The molecule has 790 valence electrons. The minimum absolute atomic E-state index is 0.519. The molecule has 0 aromatic rings. The molecule has 3 aliphatic rings. The van der Waals surface area contributed by atoms with E-state index >= 15 is 0 Å². The van der Waals surface area contributed by atoms with Crippen molar-refractivity contribution in [3.05, 3.63) is 128 Å². The molecule has 0 saturated carbocycles. The van der Waals surface area contributed by atoms with Gasteiger partial charge in [0.2, 0.25) is 17.7 Å². The highest BCUT2D eigenvalue weighted by molar-refractivity contribution is 7.61. The number of allylic oxidation sites excluding steroid dienone is 21. The van der Waals surface area contributed by atoms with Crippen molar-refractivity contribution in [1.82, 2.24) is 16.0 Å². The first-order chi connectivity index (χ1) is 64.1. The Hall–Kier alpha value is -4.54. The Kier molecular flexibility index (Phi) is 60.1. The highest BCUT2D eigenvalue weighted by atomic mass is 31.3. The molecule has 47 heteroatoms. The minimum atomic E-state index is -5.84. The number of aliphatic hydroxyl groups is 12. The number of phosphoric ester groups is 5. The fraction of sp³-hybridized carbons (Fsp3) is 0.722. The van der Waals surface area contributed by atoms with Gasteiger partial charge in [-0.25, -0.2) is 22.8 Å². The van der Waals surface area contributed by atoms with Crippen LogP contribution in [0, 0.1) is 0 Å². The monoisotopic (exact) mass is 2060 g/mol. The van der Waals surface area contributed by atoms with Crippen LogP contribution in [0.5, 0.6) is 0 Å². The molecular weight excluding hydrogens is 1900 g/mol. The van der Waals surface area contributed by atoms with Gasteiger partial charge in [-0.05, 0) is 212 Å². The fourth-order valence-electron chi connectivity index (χ4n) is 14.2. The summed E-state index contributed by atoms with van der Waals surface area (Å²) < 4.78 is 137. The lowest BCUT2D eigenvalue weighted by Crippen LogP contribution is -2.69. The van der Waals surface area contributed by atoms with E-state index in [2.05, 4.69) is 164 Å². The van der Waals surface area contributed by atoms with E-state index in [1.54, 1.807) is 6.92 Å². The average molecular weight is 2060 g/mol. The van der Waals surface area contributed by atoms with Crippen molar-refractivity contribution < 1.29 is 187 Å². The fourth-order valence-corrected chi connectivity index (χ4v) is 18.9. The quantitative estimate of drug-likeness (QED) is 0.0199. The highest BCUT2D eigenvalue weighted by Gasteiger charge is 2.56. The molecule has 0 aromatic carbocycles. The smallest absolute Gasteiger partial charge is 0.394 e. The summed E-state index contributed by atoms with van der Waals surface area (Å²) in [5, 5.41) is 133. The number of carbonyl (C=O) groups is 3. The van der Waals surface area contributed by atoms with Gasteiger partial charge in [-0.15, -0.1) is 0 Å². The molecule has 5 unspecified atom stereocenters. The van der Waals surface area contributed by atoms with E-state index in [9.17, 15) is 123 Å². The van der Waals surface area contributed by atoms with Crippen LogP contribution in [-0.2, 0) is 101 Å². The Balaban J connectivity index is 1.45. The first-order valence-corrected chi connectivity index (χ1v) is 53.4. The van der Waals surface area contributed by atoms with Crippen LogP contribution in [0.3, 0.4) is 0 Å². The van der Waals surface area contributed by atoms with Gasteiger partial charge in [0, 0.05) is 20.8 Å². The van der Waals surface area contributed by atoms with E-state index in [1.807, 2.05) is 6.92 Å². The molecule has 3 amide bonds. The maximum Gasteiger partial charge on any atom is 0.483 e. The lowest BCUT2D eigenvalue weighted by Gasteiger charge is -2.48. The SMILES string of the molecule is CC(=O)N[C@@H]1[C@H](O[C@H]2[C@H](O)[C@@H](NC(C)=O)[C@@H](OP(=O)(O)OP(=O)(O)OC/C=C(/C)CC/C=C(/C)CC/C=C(/C)CC/C=C(/C)CC/C=C(/C)CC/C=C(/C)CC/C=C(/C)CC/C=C(/C)CC/C=C(\C)CC/C=C(\C)CCC=C(C)C)O[C@@H]2CO)O[C@H](CO)[C@@H](OP(=O)(O)OC[C@H](O)COP(=O)(O)OC[C@H](O)COP(=O)(O)OC[C@@H](O[C@H]2O[C@H](CO)[C@@H](O)[C@H](O)[C@H]2NC(C)=O)[C@@H](O)[C@@H](O)CO)[C@@H]1O. The minimum Gasteiger partial charge on any atom is -0.394 e. The average Bonchev–Trinajstić information content (AvgIpc) is 0.758. The van der Waals surface area contributed by atoms with Gasteiger partial charge in [0.05, 0.1) is 66.1 Å². The Labute approximate surface area is 805 Å². The maximum absolute atomic E-state index is 13.4. The zero-order valence-electron chi connectivity index (χ0n) is 81.4. The van der Waals surface area contributed by atoms with Crippen LogP contribution in [-0.4, -0.2) is 292 Å². The molecule has 3 saturated heterocycles. The first-order valence-electron chi connectivity index (χ1n) is 45.9. The Morgan fingerprint density at radius 3 is 0.978 bits per heavy atom. The predicted molar refractivity (Wildman–Crippen MR) is 506 cm³/mol. The lowest BCUT2D eigenvalue weighted by molar-refractivity contribution is -0.324. The van der Waals surface area contributed by atoms with E-state index < -0.39 is 245 Å². The molecule has 0 radical (unpaired) electrons. The summed E-state index contributed by atoms with van der Waals surface area (Å²) in [7, 11) is -27.7. The summed E-state index contributed by atoms with van der Waals surface area (Å²) in [6.07, 6.45) is 10.2. The van der Waals surface area contributed by atoms with Crippen LogP contribution in [0.15, 0.2) is 128 Å². The second kappa shape index (κ2) is 65.1. The number of hydrogen-bond acceptors (Lipinski definition) is 34. The van der Waals surface area contributed by atoms with Crippen molar-refractivity contribution in [2.45, 2.75) is 355 Å². The topological polar surface area (TPSA) is 646 Å². The molecule has 3 rings (SSSR count). The zero-order chi connectivity index (χ0) is 103. The van der Waals surface area contributed by atoms with E-state index in [1.165, 1.54) is 61.8 Å². The van der Waals surface area contributed by atoms with Gasteiger partial charge >= 0.3 is 39.1 Å². The van der Waals surface area contributed by atoms with Gasteiger partial charge in [0.15, 0.2) is 18.9 Å². The molecule has 0 aliphatic carbocycles. The Morgan fingerprint density at radius 1 is 0.336 bits per heavy atom. The van der Waals surface area contributed by atoms with Gasteiger partial charge in [-0.2, -0.15) is 4.31 Å². The number of ether oxygens (including phenoxy) is 5. The second-order valence-electron chi connectivity index (χ2n) is 35.2. The van der Waals surface area contributed by atoms with E-state index in [0.29, 0.717) is 12.8 Å². The van der Waals surface area contributed by atoms with Crippen molar-refractivity contribution in [3.8, 4) is 0 Å². The summed E-state index contributed by atoms with van der Waals surface area (Å²) in [6.45, 7) is 17.4. The second-order valence-corrected chi connectivity index (χ2v) is 42.5. The highest BCUT2D eigenvalue weighted by Crippen LogP contribution is 2.62. The predicted octanol–water partition coefficient (Wildman–Crippen LogP) is 9.55. The van der Waals surface area contributed by atoms with Gasteiger partial charge in [0.25, 0.3) is 0 Å². The van der Waals surface area contributed by atoms with Crippen LogP contribution in [0.2, 0.25) is 0 Å². The number of rotatable bonds is 67. The van der Waals surface area contributed by atoms with Crippen molar-refractivity contribution >= 4 is 56.8 Å². The third-order valence-electron chi connectivity index (χ3n) is 22.1. The molecule has 3 heterocycles. The van der Waals surface area contributed by atoms with Gasteiger partial charge in [-0.1, -0.05) is 128 Å². The number of nitrogens with one attached hydrogen (secondary N) is 3. The van der Waals surface area contributed by atoms with Crippen LogP contribution < -0.4 is 16.0 Å². The number of phosphoric acid groups is 5. The van der Waals surface area contributed by atoms with Crippen LogP contribution in [0.1, 0.15) is 232 Å². The first kappa shape index (κ1) is 127. The zero-order valence-corrected chi connectivity index (χ0v) is 85.9. The van der Waals surface area contributed by atoms with Crippen molar-refractivity contribution in [2.24, 2.45) is 0 Å². The van der Waals surface area contributed by atoms with Gasteiger partial charge in [0.1, 0.15) is 104 Å².